The fourth-order valence-corrected chi connectivity index (χ4v) is 3.81. The van der Waals surface area contributed by atoms with Crippen LogP contribution in [0.3, 0.4) is 0 Å². The first-order valence-corrected chi connectivity index (χ1v) is 10.7. The number of amides is 4. The second-order valence-electron chi connectivity index (χ2n) is 7.04. The van der Waals surface area contributed by atoms with E-state index in [2.05, 4.69) is 27.9 Å². The molecule has 4 rings (SSSR count). The average molecular weight is 560 g/mol. The molecular weight excluding hydrogens is 545 g/mol. The van der Waals surface area contributed by atoms with Crippen LogP contribution < -0.4 is 15.0 Å². The number of barbiturate groups is 1. The van der Waals surface area contributed by atoms with E-state index in [1.54, 1.807) is 30.3 Å². The van der Waals surface area contributed by atoms with Crippen molar-refractivity contribution in [1.29, 1.82) is 0 Å². The zero-order valence-corrected chi connectivity index (χ0v) is 19.0. The third-order valence-electron chi connectivity index (χ3n) is 4.76. The van der Waals surface area contributed by atoms with E-state index in [1.165, 1.54) is 30.3 Å². The van der Waals surface area contributed by atoms with Crippen molar-refractivity contribution in [2.45, 2.75) is 6.61 Å². The van der Waals surface area contributed by atoms with Gasteiger partial charge in [-0.05, 0) is 88.3 Å². The molecule has 1 fully saturated rings. The maximum Gasteiger partial charge on any atom is 0.335 e. The Kier molecular flexibility index (Phi) is 6.50. The number of carbonyl (C=O) groups excluding carboxylic acids is 3. The van der Waals surface area contributed by atoms with Gasteiger partial charge in [0.25, 0.3) is 11.8 Å². The molecule has 0 saturated carbocycles. The Labute approximate surface area is 201 Å². The van der Waals surface area contributed by atoms with Crippen LogP contribution in [0.1, 0.15) is 11.1 Å². The first-order chi connectivity index (χ1) is 15.8. The molecule has 9 heteroatoms. The van der Waals surface area contributed by atoms with Crippen LogP contribution >= 0.6 is 22.6 Å². The molecule has 0 radical (unpaired) electrons. The first kappa shape index (κ1) is 22.6. The van der Waals surface area contributed by atoms with E-state index in [0.29, 0.717) is 11.3 Å². The van der Waals surface area contributed by atoms with Crippen LogP contribution in [0, 0.1) is 15.2 Å². The zero-order chi connectivity index (χ0) is 23.5. The van der Waals surface area contributed by atoms with Gasteiger partial charge in [-0.3, -0.25) is 14.9 Å². The van der Waals surface area contributed by atoms with Gasteiger partial charge in [0.2, 0.25) is 0 Å². The molecule has 166 valence electrons. The van der Waals surface area contributed by atoms with E-state index in [4.69, 9.17) is 4.74 Å². The molecule has 1 aliphatic heterocycles. The van der Waals surface area contributed by atoms with Crippen molar-refractivity contribution >= 4 is 52.2 Å². The number of hydrogen-bond donors (Lipinski definition) is 1. The number of nitrogens with one attached hydrogen (secondary N) is 1. The molecule has 6 nitrogen and oxygen atoms in total. The fraction of sp³-hybridized carbons (Fsp3) is 0.0417. The average Bonchev–Trinajstić information content (AvgIpc) is 2.78. The third kappa shape index (κ3) is 5.08. The summed E-state index contributed by atoms with van der Waals surface area (Å²) in [5, 5.41) is 2.12. The minimum Gasteiger partial charge on any atom is -0.488 e. The van der Waals surface area contributed by atoms with E-state index in [0.717, 1.165) is 26.2 Å². The topological polar surface area (TPSA) is 75.7 Å². The smallest absolute Gasteiger partial charge is 0.335 e. The molecular formula is C24H15F2IN2O4. The van der Waals surface area contributed by atoms with Gasteiger partial charge >= 0.3 is 6.03 Å². The summed E-state index contributed by atoms with van der Waals surface area (Å²) < 4.78 is 32.7. The molecule has 0 bridgehead atoms. The summed E-state index contributed by atoms with van der Waals surface area (Å²) in [7, 11) is 0. The van der Waals surface area contributed by atoms with Crippen LogP contribution in [0.2, 0.25) is 0 Å². The van der Waals surface area contributed by atoms with Gasteiger partial charge in [-0.15, -0.1) is 0 Å². The SMILES string of the molecule is O=C1NC(=O)N(c2ccc(F)cc2)C(=O)/C1=C/c1ccc(OCc2ccc(F)cc2)c(I)c1. The first-order valence-electron chi connectivity index (χ1n) is 9.65. The van der Waals surface area contributed by atoms with Gasteiger partial charge in [-0.25, -0.2) is 18.5 Å². The summed E-state index contributed by atoms with van der Waals surface area (Å²) in [4.78, 5) is 38.2. The van der Waals surface area contributed by atoms with Gasteiger partial charge in [0, 0.05) is 0 Å². The van der Waals surface area contributed by atoms with Crippen molar-refractivity contribution in [3.05, 3.63) is 98.6 Å². The van der Waals surface area contributed by atoms with Crippen LogP contribution in [0.4, 0.5) is 19.3 Å². The van der Waals surface area contributed by atoms with Crippen LogP contribution in [0.15, 0.2) is 72.3 Å². The predicted octanol–water partition coefficient (Wildman–Crippen LogP) is 4.81. The van der Waals surface area contributed by atoms with Gasteiger partial charge in [0.1, 0.15) is 29.6 Å². The summed E-state index contributed by atoms with van der Waals surface area (Å²) in [5.74, 6) is -1.92. The highest BCUT2D eigenvalue weighted by Gasteiger charge is 2.36. The lowest BCUT2D eigenvalue weighted by atomic mass is 10.1. The van der Waals surface area contributed by atoms with Gasteiger partial charge in [-0.2, -0.15) is 0 Å². The number of nitrogens with zero attached hydrogens (tertiary/aromatic N) is 1. The molecule has 0 aromatic heterocycles. The summed E-state index contributed by atoms with van der Waals surface area (Å²) in [6.07, 6.45) is 1.37. The van der Waals surface area contributed by atoms with Gasteiger partial charge in [0.05, 0.1) is 9.26 Å². The highest BCUT2D eigenvalue weighted by molar-refractivity contribution is 14.1. The summed E-state index contributed by atoms with van der Waals surface area (Å²) in [6, 6.07) is 14.9. The number of ether oxygens (including phenoxy) is 1. The number of rotatable bonds is 5. The van der Waals surface area contributed by atoms with E-state index < -0.39 is 23.7 Å². The number of anilines is 1. The Morgan fingerprint density at radius 3 is 2.18 bits per heavy atom. The highest BCUT2D eigenvalue weighted by atomic mass is 127. The van der Waals surface area contributed by atoms with E-state index >= 15 is 0 Å². The van der Waals surface area contributed by atoms with E-state index in [-0.39, 0.29) is 23.7 Å². The second-order valence-corrected chi connectivity index (χ2v) is 8.20. The van der Waals surface area contributed by atoms with E-state index in [9.17, 15) is 23.2 Å². The standard InChI is InChI=1S/C24H15F2IN2O4/c25-16-4-1-14(2-5-16)13-33-21-10-3-15(12-20(21)27)11-19-22(30)28-24(32)29(23(19)31)18-8-6-17(26)7-9-18/h1-12H,13H2,(H,28,30,32)/b19-11+. The Morgan fingerprint density at radius 1 is 0.909 bits per heavy atom. The molecule has 0 aliphatic carbocycles. The molecule has 0 unspecified atom stereocenters. The molecule has 1 aliphatic rings. The molecule has 1 saturated heterocycles. The minimum atomic E-state index is -0.909. The molecule has 3 aromatic carbocycles. The van der Waals surface area contributed by atoms with Crippen molar-refractivity contribution in [3.63, 3.8) is 0 Å². The van der Waals surface area contributed by atoms with Crippen LogP contribution in [-0.4, -0.2) is 17.8 Å². The minimum absolute atomic E-state index is 0.136. The van der Waals surface area contributed by atoms with E-state index in [1.807, 2.05) is 0 Å². The lowest BCUT2D eigenvalue weighted by Gasteiger charge is -2.26. The quantitative estimate of drug-likeness (QED) is 0.276. The van der Waals surface area contributed by atoms with Crippen molar-refractivity contribution in [3.8, 4) is 5.75 Å². The Hall–Kier alpha value is -3.60. The monoisotopic (exact) mass is 560 g/mol. The van der Waals surface area contributed by atoms with Crippen LogP contribution in [-0.2, 0) is 16.2 Å². The number of halogens is 3. The number of imide groups is 2. The largest absolute Gasteiger partial charge is 0.488 e. The summed E-state index contributed by atoms with van der Waals surface area (Å²) in [6.45, 7) is 0.242. The van der Waals surface area contributed by atoms with Gasteiger partial charge in [-0.1, -0.05) is 18.2 Å². The number of hydrogen-bond acceptors (Lipinski definition) is 4. The lowest BCUT2D eigenvalue weighted by Crippen LogP contribution is -2.54. The third-order valence-corrected chi connectivity index (χ3v) is 5.60. The molecule has 0 spiro atoms. The lowest BCUT2D eigenvalue weighted by molar-refractivity contribution is -0.122. The Morgan fingerprint density at radius 2 is 1.55 bits per heavy atom. The number of urea groups is 1. The molecule has 1 heterocycles. The van der Waals surface area contributed by atoms with Crippen LogP contribution in [0.5, 0.6) is 5.75 Å². The Bertz CT molecular complexity index is 1270. The van der Waals surface area contributed by atoms with Crippen molar-refractivity contribution in [2.24, 2.45) is 0 Å². The zero-order valence-electron chi connectivity index (χ0n) is 16.8. The Balaban J connectivity index is 1.55. The predicted molar refractivity (Wildman–Crippen MR) is 125 cm³/mol. The number of benzene rings is 3. The molecule has 0 atom stereocenters. The van der Waals surface area contributed by atoms with Gasteiger partial charge in [0.15, 0.2) is 0 Å². The summed E-state index contributed by atoms with van der Waals surface area (Å²) in [5.41, 5.74) is 1.24. The molecule has 33 heavy (non-hydrogen) atoms. The van der Waals surface area contributed by atoms with Crippen molar-refractivity contribution in [1.82, 2.24) is 5.32 Å². The molecule has 3 aromatic rings. The van der Waals surface area contributed by atoms with Crippen molar-refractivity contribution < 1.29 is 27.9 Å². The normalized spacial score (nSPS) is 15.1. The fourth-order valence-electron chi connectivity index (χ4n) is 3.11. The second kappa shape index (κ2) is 9.49. The molecule has 1 N–H and O–H groups in total. The van der Waals surface area contributed by atoms with Gasteiger partial charge < -0.3 is 4.74 Å². The highest BCUT2D eigenvalue weighted by Crippen LogP contribution is 2.26. The molecule has 4 amide bonds. The van der Waals surface area contributed by atoms with Crippen LogP contribution in [0.25, 0.3) is 6.08 Å². The maximum atomic E-state index is 13.2. The summed E-state index contributed by atoms with van der Waals surface area (Å²) >= 11 is 2.06. The number of carbonyl (C=O) groups is 3. The maximum absolute atomic E-state index is 13.2. The van der Waals surface area contributed by atoms with Crippen molar-refractivity contribution in [2.75, 3.05) is 4.90 Å².